The normalized spacial score (nSPS) is 20.1. The van der Waals surface area contributed by atoms with Crippen molar-refractivity contribution >= 4 is 21.2 Å². The molecule has 94 valence electrons. The molecule has 0 unspecified atom stereocenters. The number of anilines is 2. The lowest BCUT2D eigenvalue weighted by atomic mass is 10.1. The van der Waals surface area contributed by atoms with Crippen LogP contribution in [0.4, 0.5) is 15.8 Å². The van der Waals surface area contributed by atoms with E-state index in [2.05, 4.69) is 5.32 Å². The van der Waals surface area contributed by atoms with E-state index in [0.717, 1.165) is 0 Å². The first-order valence-electron chi connectivity index (χ1n) is 5.49. The van der Waals surface area contributed by atoms with E-state index in [-0.39, 0.29) is 23.2 Å². The van der Waals surface area contributed by atoms with Gasteiger partial charge in [0, 0.05) is 6.04 Å². The van der Waals surface area contributed by atoms with Crippen molar-refractivity contribution in [2.75, 3.05) is 22.6 Å². The second-order valence-electron chi connectivity index (χ2n) is 4.27. The molecule has 2 rings (SSSR count). The van der Waals surface area contributed by atoms with Gasteiger partial charge in [0.15, 0.2) is 0 Å². The molecule has 3 N–H and O–H groups in total. The minimum Gasteiger partial charge on any atom is -0.395 e. The number of halogens is 1. The quantitative estimate of drug-likeness (QED) is 0.786. The topological polar surface area (TPSA) is 72.2 Å². The van der Waals surface area contributed by atoms with Crippen LogP contribution in [-0.2, 0) is 9.84 Å². The molecular weight excluding hydrogens is 243 g/mol. The summed E-state index contributed by atoms with van der Waals surface area (Å²) in [5.41, 5.74) is 6.22. The van der Waals surface area contributed by atoms with E-state index >= 15 is 0 Å². The van der Waals surface area contributed by atoms with Crippen LogP contribution in [0.25, 0.3) is 0 Å². The van der Waals surface area contributed by atoms with Crippen molar-refractivity contribution in [3.63, 3.8) is 0 Å². The van der Waals surface area contributed by atoms with Gasteiger partial charge in [-0.15, -0.1) is 0 Å². The van der Waals surface area contributed by atoms with E-state index in [1.54, 1.807) is 12.1 Å². The molecule has 1 fully saturated rings. The Kier molecular flexibility index (Phi) is 3.24. The van der Waals surface area contributed by atoms with Crippen LogP contribution in [0.3, 0.4) is 0 Å². The van der Waals surface area contributed by atoms with Gasteiger partial charge >= 0.3 is 0 Å². The number of rotatable bonds is 2. The summed E-state index contributed by atoms with van der Waals surface area (Å²) in [6, 6.07) is 4.61. The second-order valence-corrected chi connectivity index (χ2v) is 6.58. The van der Waals surface area contributed by atoms with E-state index in [0.29, 0.717) is 18.5 Å². The van der Waals surface area contributed by atoms with Gasteiger partial charge in [-0.2, -0.15) is 0 Å². The van der Waals surface area contributed by atoms with E-state index < -0.39 is 15.7 Å². The van der Waals surface area contributed by atoms with Crippen LogP contribution < -0.4 is 11.1 Å². The maximum Gasteiger partial charge on any atom is 0.150 e. The minimum absolute atomic E-state index is 0.0441. The fourth-order valence-electron chi connectivity index (χ4n) is 1.92. The number of nitrogens with two attached hydrogens (primary N) is 1. The smallest absolute Gasteiger partial charge is 0.150 e. The number of benzene rings is 1. The number of para-hydroxylation sites is 1. The molecule has 0 radical (unpaired) electrons. The molecule has 1 aromatic rings. The first-order chi connectivity index (χ1) is 7.98. The Morgan fingerprint density at radius 1 is 1.29 bits per heavy atom. The Morgan fingerprint density at radius 3 is 2.59 bits per heavy atom. The summed E-state index contributed by atoms with van der Waals surface area (Å²) >= 11 is 0. The van der Waals surface area contributed by atoms with Crippen molar-refractivity contribution in [2.24, 2.45) is 0 Å². The molecule has 0 aliphatic carbocycles. The zero-order valence-electron chi connectivity index (χ0n) is 9.32. The maximum absolute atomic E-state index is 13.2. The van der Waals surface area contributed by atoms with Crippen LogP contribution in [0.2, 0.25) is 0 Å². The average Bonchev–Trinajstić information content (AvgIpc) is 2.27. The standard InChI is InChI=1S/C11H15FN2O2S/c12-9-2-1-3-10(11(9)13)14-8-4-6-17(15,16)7-5-8/h1-3,8,14H,4-7,13H2. The zero-order valence-corrected chi connectivity index (χ0v) is 10.1. The van der Waals surface area contributed by atoms with E-state index in [1.165, 1.54) is 6.07 Å². The molecule has 1 heterocycles. The molecule has 4 nitrogen and oxygen atoms in total. The third-order valence-electron chi connectivity index (χ3n) is 2.97. The van der Waals surface area contributed by atoms with Gasteiger partial charge in [0.1, 0.15) is 15.7 Å². The Labute approximate surface area is 99.9 Å². The molecular formula is C11H15FN2O2S. The molecule has 0 atom stereocenters. The predicted octanol–water partition coefficient (Wildman–Crippen LogP) is 1.40. The van der Waals surface area contributed by atoms with Crippen molar-refractivity contribution in [1.29, 1.82) is 0 Å². The van der Waals surface area contributed by atoms with Crippen molar-refractivity contribution in [3.8, 4) is 0 Å². The van der Waals surface area contributed by atoms with Gasteiger partial charge < -0.3 is 11.1 Å². The summed E-state index contributed by atoms with van der Waals surface area (Å²) in [5, 5.41) is 3.10. The average molecular weight is 258 g/mol. The fraction of sp³-hybridized carbons (Fsp3) is 0.455. The summed E-state index contributed by atoms with van der Waals surface area (Å²) in [5.74, 6) is -0.0989. The fourth-order valence-corrected chi connectivity index (χ4v) is 3.41. The minimum atomic E-state index is -2.87. The molecule has 1 aromatic carbocycles. The number of nitrogens with one attached hydrogen (secondary N) is 1. The first-order valence-corrected chi connectivity index (χ1v) is 7.31. The molecule has 0 saturated carbocycles. The number of sulfone groups is 1. The molecule has 6 heteroatoms. The lowest BCUT2D eigenvalue weighted by Gasteiger charge is -2.24. The highest BCUT2D eigenvalue weighted by molar-refractivity contribution is 7.91. The summed E-state index contributed by atoms with van der Waals surface area (Å²) in [6.07, 6.45) is 1.08. The van der Waals surface area contributed by atoms with Crippen molar-refractivity contribution < 1.29 is 12.8 Å². The molecule has 0 aromatic heterocycles. The zero-order chi connectivity index (χ0) is 12.5. The second kappa shape index (κ2) is 4.52. The number of hydrogen-bond donors (Lipinski definition) is 2. The Morgan fingerprint density at radius 2 is 1.94 bits per heavy atom. The summed E-state index contributed by atoms with van der Waals surface area (Å²) in [6.45, 7) is 0. The molecule has 1 aliphatic heterocycles. The Balaban J connectivity index is 2.05. The van der Waals surface area contributed by atoms with Gasteiger partial charge in [0.2, 0.25) is 0 Å². The van der Waals surface area contributed by atoms with E-state index in [1.807, 2.05) is 0 Å². The SMILES string of the molecule is Nc1c(F)cccc1NC1CCS(=O)(=O)CC1. The monoisotopic (exact) mass is 258 g/mol. The lowest BCUT2D eigenvalue weighted by molar-refractivity contribution is 0.559. The van der Waals surface area contributed by atoms with E-state index in [9.17, 15) is 12.8 Å². The van der Waals surface area contributed by atoms with E-state index in [4.69, 9.17) is 5.73 Å². The van der Waals surface area contributed by atoms with Crippen molar-refractivity contribution in [2.45, 2.75) is 18.9 Å². The van der Waals surface area contributed by atoms with Crippen LogP contribution in [0.15, 0.2) is 18.2 Å². The van der Waals surface area contributed by atoms with Gasteiger partial charge in [0.05, 0.1) is 22.9 Å². The lowest BCUT2D eigenvalue weighted by Crippen LogP contribution is -2.32. The predicted molar refractivity (Wildman–Crippen MR) is 66.1 cm³/mol. The molecule has 0 bridgehead atoms. The molecule has 0 spiro atoms. The Hall–Kier alpha value is -1.30. The molecule has 0 amide bonds. The van der Waals surface area contributed by atoms with Crippen LogP contribution in [0, 0.1) is 5.82 Å². The van der Waals surface area contributed by atoms with Gasteiger partial charge in [-0.05, 0) is 25.0 Å². The summed E-state index contributed by atoms with van der Waals surface area (Å²) in [7, 11) is -2.87. The largest absolute Gasteiger partial charge is 0.395 e. The van der Waals surface area contributed by atoms with Crippen molar-refractivity contribution in [3.05, 3.63) is 24.0 Å². The highest BCUT2D eigenvalue weighted by Gasteiger charge is 2.23. The number of hydrogen-bond acceptors (Lipinski definition) is 4. The van der Waals surface area contributed by atoms with Gasteiger partial charge in [-0.25, -0.2) is 12.8 Å². The van der Waals surface area contributed by atoms with Crippen LogP contribution in [0.5, 0.6) is 0 Å². The van der Waals surface area contributed by atoms with Gasteiger partial charge in [-0.3, -0.25) is 0 Å². The Bertz CT molecular complexity index is 502. The number of nitrogen functional groups attached to an aromatic ring is 1. The van der Waals surface area contributed by atoms with Crippen LogP contribution in [0.1, 0.15) is 12.8 Å². The third kappa shape index (κ3) is 2.88. The molecule has 17 heavy (non-hydrogen) atoms. The van der Waals surface area contributed by atoms with Gasteiger partial charge in [-0.1, -0.05) is 6.07 Å². The molecule has 1 saturated heterocycles. The van der Waals surface area contributed by atoms with Crippen molar-refractivity contribution in [1.82, 2.24) is 0 Å². The summed E-state index contributed by atoms with van der Waals surface area (Å²) in [4.78, 5) is 0. The third-order valence-corrected chi connectivity index (χ3v) is 4.68. The maximum atomic E-state index is 13.2. The highest BCUT2D eigenvalue weighted by atomic mass is 32.2. The van der Waals surface area contributed by atoms with Crippen LogP contribution in [-0.4, -0.2) is 26.0 Å². The summed E-state index contributed by atoms with van der Waals surface area (Å²) < 4.78 is 35.7. The highest BCUT2D eigenvalue weighted by Crippen LogP contribution is 2.24. The van der Waals surface area contributed by atoms with Crippen LogP contribution >= 0.6 is 0 Å². The molecule has 1 aliphatic rings. The first kappa shape index (κ1) is 12.2. The van der Waals surface area contributed by atoms with Gasteiger partial charge in [0.25, 0.3) is 0 Å².